The van der Waals surface area contributed by atoms with Crippen LogP contribution in [0.15, 0.2) is 22.9 Å². The van der Waals surface area contributed by atoms with Crippen LogP contribution >= 0.6 is 11.6 Å². The molecule has 0 aliphatic rings. The van der Waals surface area contributed by atoms with Crippen LogP contribution in [0.3, 0.4) is 0 Å². The quantitative estimate of drug-likeness (QED) is 0.922. The van der Waals surface area contributed by atoms with Crippen LogP contribution in [0.2, 0.25) is 5.02 Å². The van der Waals surface area contributed by atoms with Crippen molar-refractivity contribution in [1.82, 2.24) is 15.1 Å². The van der Waals surface area contributed by atoms with E-state index >= 15 is 0 Å². The van der Waals surface area contributed by atoms with E-state index in [1.165, 1.54) is 6.20 Å². The number of aromatic nitrogens is 3. The van der Waals surface area contributed by atoms with E-state index in [0.29, 0.717) is 28.9 Å². The van der Waals surface area contributed by atoms with Crippen LogP contribution in [-0.4, -0.2) is 26.3 Å². The van der Waals surface area contributed by atoms with Gasteiger partial charge in [0.15, 0.2) is 0 Å². The molecule has 6 heteroatoms. The molecule has 2 unspecified atom stereocenters. The van der Waals surface area contributed by atoms with Gasteiger partial charge in [-0.1, -0.05) is 30.6 Å². The van der Waals surface area contributed by atoms with Crippen LogP contribution in [0.25, 0.3) is 11.5 Å². The summed E-state index contributed by atoms with van der Waals surface area (Å²) in [5, 5.41) is 14.1. The third-order valence-corrected chi connectivity index (χ3v) is 3.01. The minimum Gasteiger partial charge on any atom is -0.392 e. The second kappa shape index (κ2) is 5.46. The van der Waals surface area contributed by atoms with Gasteiger partial charge in [0, 0.05) is 6.20 Å². The van der Waals surface area contributed by atoms with Crippen molar-refractivity contribution >= 4 is 11.6 Å². The van der Waals surface area contributed by atoms with E-state index in [4.69, 9.17) is 16.1 Å². The fourth-order valence-corrected chi connectivity index (χ4v) is 1.66. The third-order valence-electron chi connectivity index (χ3n) is 2.78. The summed E-state index contributed by atoms with van der Waals surface area (Å²) in [5.41, 5.74) is 0.590. The molecule has 2 aromatic heterocycles. The molecule has 1 N–H and O–H groups in total. The largest absolute Gasteiger partial charge is 0.392 e. The van der Waals surface area contributed by atoms with Crippen LogP contribution < -0.4 is 0 Å². The maximum Gasteiger partial charge on any atom is 0.232 e. The first-order chi connectivity index (χ1) is 8.61. The van der Waals surface area contributed by atoms with Crippen LogP contribution in [0.5, 0.6) is 0 Å². The maximum atomic E-state index is 9.74. The Morgan fingerprint density at radius 3 is 2.83 bits per heavy atom. The molecule has 0 fully saturated rings. The average molecular weight is 268 g/mol. The van der Waals surface area contributed by atoms with Gasteiger partial charge in [0.05, 0.1) is 17.0 Å². The van der Waals surface area contributed by atoms with Crippen molar-refractivity contribution in [3.63, 3.8) is 0 Å². The Labute approximate surface area is 110 Å². The zero-order chi connectivity index (χ0) is 13.1. The lowest BCUT2D eigenvalue weighted by Gasteiger charge is -2.11. The van der Waals surface area contributed by atoms with Crippen LogP contribution in [0.4, 0.5) is 0 Å². The van der Waals surface area contributed by atoms with E-state index < -0.39 is 6.10 Å². The first-order valence-electron chi connectivity index (χ1n) is 5.75. The van der Waals surface area contributed by atoms with Gasteiger partial charge in [-0.2, -0.15) is 4.98 Å². The Hall–Kier alpha value is -1.46. The van der Waals surface area contributed by atoms with Gasteiger partial charge in [-0.05, 0) is 18.6 Å². The number of aliphatic hydroxyl groups is 1. The van der Waals surface area contributed by atoms with E-state index in [1.807, 2.05) is 13.8 Å². The molecule has 5 nitrogen and oxygen atoms in total. The highest BCUT2D eigenvalue weighted by Crippen LogP contribution is 2.22. The van der Waals surface area contributed by atoms with Crippen molar-refractivity contribution in [2.24, 2.45) is 0 Å². The van der Waals surface area contributed by atoms with Crippen molar-refractivity contribution in [2.75, 3.05) is 0 Å². The van der Waals surface area contributed by atoms with Crippen molar-refractivity contribution in [3.05, 3.63) is 29.2 Å². The molecule has 0 saturated carbocycles. The van der Waals surface area contributed by atoms with Gasteiger partial charge < -0.3 is 9.63 Å². The van der Waals surface area contributed by atoms with Gasteiger partial charge >= 0.3 is 0 Å². The lowest BCUT2D eigenvalue weighted by molar-refractivity contribution is 0.129. The zero-order valence-corrected chi connectivity index (χ0v) is 10.9. The third kappa shape index (κ3) is 2.68. The average Bonchev–Trinajstić information content (AvgIpc) is 2.87. The van der Waals surface area contributed by atoms with Crippen LogP contribution in [0, 0.1) is 0 Å². The molecule has 0 aliphatic carbocycles. The van der Waals surface area contributed by atoms with Gasteiger partial charge in [-0.15, -0.1) is 0 Å². The van der Waals surface area contributed by atoms with E-state index in [1.54, 1.807) is 12.1 Å². The molecular weight excluding hydrogens is 254 g/mol. The molecule has 0 amide bonds. The van der Waals surface area contributed by atoms with Crippen LogP contribution in [-0.2, 0) is 0 Å². The van der Waals surface area contributed by atoms with Crippen molar-refractivity contribution in [2.45, 2.75) is 32.3 Å². The normalized spacial score (nSPS) is 14.4. The molecule has 2 heterocycles. The Morgan fingerprint density at radius 2 is 2.22 bits per heavy atom. The summed E-state index contributed by atoms with van der Waals surface area (Å²) in [6.07, 6.45) is 1.67. The predicted molar refractivity (Wildman–Crippen MR) is 67.3 cm³/mol. The molecule has 0 radical (unpaired) electrons. The van der Waals surface area contributed by atoms with Gasteiger partial charge in [0.25, 0.3) is 0 Å². The van der Waals surface area contributed by atoms with Gasteiger partial charge in [-0.25, -0.2) is 0 Å². The summed E-state index contributed by atoms with van der Waals surface area (Å²) in [5.74, 6) is 0.622. The molecule has 2 rings (SSSR count). The highest BCUT2D eigenvalue weighted by Gasteiger charge is 2.21. The Morgan fingerprint density at radius 1 is 1.44 bits per heavy atom. The number of pyridine rings is 1. The van der Waals surface area contributed by atoms with Crippen molar-refractivity contribution in [1.29, 1.82) is 0 Å². The lowest BCUT2D eigenvalue weighted by atomic mass is 10.0. The second-order valence-corrected chi connectivity index (χ2v) is 4.52. The molecule has 96 valence electrons. The SMILES string of the molecule is CCC(O)C(C)c1nc(-c2ccc(Cl)cn2)no1. The summed E-state index contributed by atoms with van der Waals surface area (Å²) >= 11 is 5.76. The van der Waals surface area contributed by atoms with E-state index in [-0.39, 0.29) is 5.92 Å². The highest BCUT2D eigenvalue weighted by atomic mass is 35.5. The number of rotatable bonds is 4. The second-order valence-electron chi connectivity index (χ2n) is 4.08. The monoisotopic (exact) mass is 267 g/mol. The molecule has 0 saturated heterocycles. The lowest BCUT2D eigenvalue weighted by Crippen LogP contribution is -2.14. The molecule has 2 aromatic rings. The molecule has 2 atom stereocenters. The number of hydrogen-bond acceptors (Lipinski definition) is 5. The number of hydrogen-bond donors (Lipinski definition) is 1. The maximum absolute atomic E-state index is 9.74. The van der Waals surface area contributed by atoms with E-state index in [2.05, 4.69) is 15.1 Å². The first-order valence-corrected chi connectivity index (χ1v) is 6.13. The van der Waals surface area contributed by atoms with Gasteiger partial charge in [0.1, 0.15) is 5.69 Å². The molecule has 18 heavy (non-hydrogen) atoms. The Bertz CT molecular complexity index is 512. The summed E-state index contributed by atoms with van der Waals surface area (Å²) in [7, 11) is 0. The minimum atomic E-state index is -0.489. The van der Waals surface area contributed by atoms with Crippen molar-refractivity contribution < 1.29 is 9.63 Å². The fourth-order valence-electron chi connectivity index (χ4n) is 1.55. The molecule has 0 aromatic carbocycles. The minimum absolute atomic E-state index is 0.191. The van der Waals surface area contributed by atoms with Crippen LogP contribution in [0.1, 0.15) is 32.1 Å². The summed E-state index contributed by atoms with van der Waals surface area (Å²) < 4.78 is 5.14. The smallest absolute Gasteiger partial charge is 0.232 e. The zero-order valence-electron chi connectivity index (χ0n) is 10.2. The summed E-state index contributed by atoms with van der Waals surface area (Å²) in [6, 6.07) is 3.43. The number of nitrogens with zero attached hydrogens (tertiary/aromatic N) is 3. The molecule has 0 bridgehead atoms. The molecule has 0 spiro atoms. The van der Waals surface area contributed by atoms with Crippen molar-refractivity contribution in [3.8, 4) is 11.5 Å². The summed E-state index contributed by atoms with van der Waals surface area (Å²) in [6.45, 7) is 3.75. The van der Waals surface area contributed by atoms with Gasteiger partial charge in [0.2, 0.25) is 11.7 Å². The summed E-state index contributed by atoms with van der Waals surface area (Å²) in [4.78, 5) is 8.34. The topological polar surface area (TPSA) is 72.0 Å². The highest BCUT2D eigenvalue weighted by molar-refractivity contribution is 6.30. The van der Waals surface area contributed by atoms with Gasteiger partial charge in [-0.3, -0.25) is 4.98 Å². The Kier molecular flexibility index (Phi) is 3.93. The molecular formula is C12H14ClN3O2. The van der Waals surface area contributed by atoms with E-state index in [0.717, 1.165) is 0 Å². The predicted octanol–water partition coefficient (Wildman–Crippen LogP) is 2.66. The Balaban J connectivity index is 2.22. The first kappa shape index (κ1) is 13.0. The molecule has 0 aliphatic heterocycles. The van der Waals surface area contributed by atoms with E-state index in [9.17, 15) is 5.11 Å². The number of halogens is 1. The fraction of sp³-hybridized carbons (Fsp3) is 0.417. The standard InChI is InChI=1S/C12H14ClN3O2/c1-3-10(17)7(2)12-15-11(16-18-12)9-5-4-8(13)6-14-9/h4-7,10,17H,3H2,1-2H3. The number of aliphatic hydroxyl groups excluding tert-OH is 1.